The van der Waals surface area contributed by atoms with Crippen molar-refractivity contribution in [3.05, 3.63) is 46.9 Å². The Morgan fingerprint density at radius 2 is 1.96 bits per heavy atom. The quantitative estimate of drug-likeness (QED) is 0.645. The fourth-order valence-corrected chi connectivity index (χ4v) is 4.50. The van der Waals surface area contributed by atoms with E-state index >= 15 is 0 Å². The zero-order valence-corrected chi connectivity index (χ0v) is 17.4. The molecule has 27 heavy (non-hydrogen) atoms. The molecule has 3 rings (SSSR count). The van der Waals surface area contributed by atoms with Crippen LogP contribution in [0.5, 0.6) is 11.5 Å². The molecule has 2 aromatic rings. The first-order valence-corrected chi connectivity index (χ1v) is 11.0. The lowest BCUT2D eigenvalue weighted by Crippen LogP contribution is -2.16. The van der Waals surface area contributed by atoms with E-state index in [2.05, 4.69) is 20.7 Å². The Kier molecular flexibility index (Phi) is 6.62. The van der Waals surface area contributed by atoms with Crippen LogP contribution in [-0.4, -0.2) is 34.3 Å². The number of hydrogen-bond acceptors (Lipinski definition) is 5. The maximum Gasteiger partial charge on any atom is 0.265 e. The van der Waals surface area contributed by atoms with Gasteiger partial charge in [-0.15, -0.1) is 0 Å². The second-order valence-corrected chi connectivity index (χ2v) is 8.67. The first-order valence-electron chi connectivity index (χ1n) is 8.77. The molecule has 0 amide bonds. The molecule has 0 bridgehead atoms. The van der Waals surface area contributed by atoms with Crippen molar-refractivity contribution >= 4 is 31.6 Å². The van der Waals surface area contributed by atoms with E-state index in [0.717, 1.165) is 19.4 Å². The summed E-state index contributed by atoms with van der Waals surface area (Å²) in [6.45, 7) is 3.47. The van der Waals surface area contributed by atoms with Crippen molar-refractivity contribution < 1.29 is 22.6 Å². The first-order chi connectivity index (χ1) is 13.0. The van der Waals surface area contributed by atoms with Gasteiger partial charge in [0.25, 0.3) is 10.0 Å². The third-order valence-corrected chi connectivity index (χ3v) is 5.96. The Morgan fingerprint density at radius 3 is 2.63 bits per heavy atom. The fourth-order valence-electron chi connectivity index (χ4n) is 2.76. The van der Waals surface area contributed by atoms with Crippen molar-refractivity contribution in [1.29, 1.82) is 0 Å². The highest BCUT2D eigenvalue weighted by Gasteiger charge is 2.21. The Hall–Kier alpha value is -1.77. The number of anilines is 1. The summed E-state index contributed by atoms with van der Waals surface area (Å²) in [5, 5.41) is 0. The summed E-state index contributed by atoms with van der Waals surface area (Å²) in [4.78, 5) is 0.0810. The van der Waals surface area contributed by atoms with Gasteiger partial charge >= 0.3 is 0 Å². The summed E-state index contributed by atoms with van der Waals surface area (Å²) in [5.41, 5.74) is 0.446. The monoisotopic (exact) mass is 455 g/mol. The van der Waals surface area contributed by atoms with Gasteiger partial charge in [-0.05, 0) is 62.2 Å². The average Bonchev–Trinajstić information content (AvgIpc) is 3.16. The van der Waals surface area contributed by atoms with E-state index in [1.165, 1.54) is 6.07 Å². The van der Waals surface area contributed by atoms with Gasteiger partial charge in [0, 0.05) is 16.8 Å². The fraction of sp³-hybridized carbons (Fsp3) is 0.368. The summed E-state index contributed by atoms with van der Waals surface area (Å²) in [6.07, 6.45) is 2.21. The zero-order valence-electron chi connectivity index (χ0n) is 15.0. The lowest BCUT2D eigenvalue weighted by Gasteiger charge is -2.14. The molecule has 1 aliphatic heterocycles. The van der Waals surface area contributed by atoms with Crippen molar-refractivity contribution in [2.75, 3.05) is 24.5 Å². The van der Waals surface area contributed by atoms with Gasteiger partial charge in [-0.1, -0.05) is 15.9 Å². The van der Waals surface area contributed by atoms with Crippen LogP contribution in [-0.2, 0) is 14.8 Å². The van der Waals surface area contributed by atoms with E-state index < -0.39 is 10.0 Å². The smallest absolute Gasteiger partial charge is 0.265 e. The molecule has 146 valence electrons. The molecule has 1 fully saturated rings. The molecule has 8 heteroatoms. The molecule has 6 nitrogen and oxygen atoms in total. The molecule has 2 aromatic carbocycles. The summed E-state index contributed by atoms with van der Waals surface area (Å²) in [6, 6.07) is 11.7. The van der Waals surface area contributed by atoms with Crippen LogP contribution in [0.15, 0.2) is 51.8 Å². The van der Waals surface area contributed by atoms with Gasteiger partial charge in [0.1, 0.15) is 23.0 Å². The summed E-state index contributed by atoms with van der Waals surface area (Å²) >= 11 is 3.31. The van der Waals surface area contributed by atoms with Gasteiger partial charge < -0.3 is 14.2 Å². The summed E-state index contributed by atoms with van der Waals surface area (Å²) in [7, 11) is -3.79. The summed E-state index contributed by atoms with van der Waals surface area (Å²) in [5.74, 6) is 0.982. The molecule has 0 spiro atoms. The van der Waals surface area contributed by atoms with Crippen molar-refractivity contribution in [3.63, 3.8) is 0 Å². The number of sulfonamides is 1. The van der Waals surface area contributed by atoms with Gasteiger partial charge in [0.2, 0.25) is 0 Å². The molecule has 0 saturated carbocycles. The number of hydrogen-bond donors (Lipinski definition) is 1. The van der Waals surface area contributed by atoms with Gasteiger partial charge in [-0.2, -0.15) is 0 Å². The maximum atomic E-state index is 12.8. The highest BCUT2D eigenvalue weighted by molar-refractivity contribution is 9.10. The predicted molar refractivity (Wildman–Crippen MR) is 107 cm³/mol. The SMILES string of the molecule is CCOc1ccc(Br)cc1S(=O)(=O)Nc1ccc(OCC2CCCO2)cc1. The van der Waals surface area contributed by atoms with E-state index in [-0.39, 0.29) is 11.0 Å². The highest BCUT2D eigenvalue weighted by atomic mass is 79.9. The molecule has 1 saturated heterocycles. The van der Waals surface area contributed by atoms with Gasteiger partial charge in [0.05, 0.1) is 12.7 Å². The first kappa shape index (κ1) is 20.0. The highest BCUT2D eigenvalue weighted by Crippen LogP contribution is 2.29. The van der Waals surface area contributed by atoms with Crippen LogP contribution in [0.1, 0.15) is 19.8 Å². The number of benzene rings is 2. The van der Waals surface area contributed by atoms with E-state index in [9.17, 15) is 8.42 Å². The van der Waals surface area contributed by atoms with Gasteiger partial charge in [-0.3, -0.25) is 4.72 Å². The van der Waals surface area contributed by atoms with Gasteiger partial charge in [-0.25, -0.2) is 8.42 Å². The van der Waals surface area contributed by atoms with Crippen molar-refractivity contribution in [2.45, 2.75) is 30.8 Å². The number of nitrogens with one attached hydrogen (secondary N) is 1. The van der Waals surface area contributed by atoms with Gasteiger partial charge in [0.15, 0.2) is 0 Å². The second-order valence-electron chi connectivity index (χ2n) is 6.10. The number of rotatable bonds is 8. The zero-order chi connectivity index (χ0) is 19.3. The molecule has 0 aromatic heterocycles. The maximum absolute atomic E-state index is 12.8. The van der Waals surface area contributed by atoms with Crippen molar-refractivity contribution in [3.8, 4) is 11.5 Å². The van der Waals surface area contributed by atoms with Crippen molar-refractivity contribution in [1.82, 2.24) is 0 Å². The summed E-state index contributed by atoms with van der Waals surface area (Å²) < 4.78 is 45.4. The van der Waals surface area contributed by atoms with Crippen LogP contribution in [0.2, 0.25) is 0 Å². The van der Waals surface area contributed by atoms with E-state index in [0.29, 0.717) is 34.9 Å². The third kappa shape index (κ3) is 5.37. The average molecular weight is 456 g/mol. The van der Waals surface area contributed by atoms with Crippen LogP contribution in [0.25, 0.3) is 0 Å². The minimum absolute atomic E-state index is 0.0810. The largest absolute Gasteiger partial charge is 0.492 e. The minimum Gasteiger partial charge on any atom is -0.492 e. The molecule has 1 aliphatic rings. The molecular weight excluding hydrogens is 434 g/mol. The second kappa shape index (κ2) is 8.95. The Morgan fingerprint density at radius 1 is 1.19 bits per heavy atom. The Bertz CT molecular complexity index is 864. The molecular formula is C19H22BrNO5S. The Balaban J connectivity index is 1.69. The normalized spacial score (nSPS) is 16.9. The predicted octanol–water partition coefficient (Wildman–Crippen LogP) is 4.21. The molecule has 0 aliphatic carbocycles. The standard InChI is InChI=1S/C19H22BrNO5S/c1-2-24-18-10-5-14(20)12-19(18)27(22,23)21-15-6-8-16(9-7-15)26-13-17-4-3-11-25-17/h5-10,12,17,21H,2-4,11,13H2,1H3. The van der Waals surface area contributed by atoms with Crippen LogP contribution in [0.4, 0.5) is 5.69 Å². The molecule has 1 heterocycles. The third-order valence-electron chi connectivity index (χ3n) is 4.06. The number of ether oxygens (including phenoxy) is 3. The molecule has 1 N–H and O–H groups in total. The Labute approximate surface area is 168 Å². The van der Waals surface area contributed by atoms with Crippen molar-refractivity contribution in [2.24, 2.45) is 0 Å². The van der Waals surface area contributed by atoms with Crippen LogP contribution in [0, 0.1) is 0 Å². The molecule has 1 unspecified atom stereocenters. The molecule has 1 atom stereocenters. The van der Waals surface area contributed by atoms with E-state index in [4.69, 9.17) is 14.2 Å². The minimum atomic E-state index is -3.79. The molecule has 0 radical (unpaired) electrons. The lowest BCUT2D eigenvalue weighted by atomic mass is 10.2. The number of halogens is 1. The topological polar surface area (TPSA) is 73.9 Å². The van der Waals surface area contributed by atoms with Crippen LogP contribution < -0.4 is 14.2 Å². The van der Waals surface area contributed by atoms with Crippen LogP contribution >= 0.6 is 15.9 Å². The lowest BCUT2D eigenvalue weighted by molar-refractivity contribution is 0.0679. The van der Waals surface area contributed by atoms with E-state index in [1.54, 1.807) is 43.3 Å². The van der Waals surface area contributed by atoms with E-state index in [1.807, 2.05) is 0 Å². The van der Waals surface area contributed by atoms with Crippen LogP contribution in [0.3, 0.4) is 0 Å².